The number of nitrogens with one attached hydrogen (secondary N) is 2. The first-order valence-corrected chi connectivity index (χ1v) is 7.58. The first-order valence-electron chi connectivity index (χ1n) is 6.78. The fraction of sp³-hybridized carbons (Fsp3) is 0.200. The Kier molecular flexibility index (Phi) is 3.79. The van der Waals surface area contributed by atoms with E-state index in [-0.39, 0.29) is 0 Å². The van der Waals surface area contributed by atoms with Crippen LogP contribution in [0, 0.1) is 6.92 Å². The van der Waals surface area contributed by atoms with Crippen molar-refractivity contribution in [2.45, 2.75) is 13.8 Å². The van der Waals surface area contributed by atoms with E-state index >= 15 is 0 Å². The molecule has 2 aromatic heterocycles. The molecule has 0 amide bonds. The average molecular weight is 346 g/mol. The van der Waals surface area contributed by atoms with Gasteiger partial charge in [-0.1, -0.05) is 12.1 Å². The molecule has 5 nitrogen and oxygen atoms in total. The number of aromatic nitrogens is 3. The van der Waals surface area contributed by atoms with Crippen molar-refractivity contribution in [2.75, 3.05) is 17.2 Å². The van der Waals surface area contributed by atoms with E-state index in [0.717, 1.165) is 34.0 Å². The standard InChI is InChI=1S/C15H16BrN5/c1-3-17-12-9-21-8-7-18-15(21)14(20-12)19-11-6-4-5-10(2)13(11)16/h4-9,17H,3H2,1-2H3,(H,19,20). The van der Waals surface area contributed by atoms with Crippen molar-refractivity contribution in [1.29, 1.82) is 0 Å². The first-order chi connectivity index (χ1) is 10.2. The topological polar surface area (TPSA) is 54.2 Å². The van der Waals surface area contributed by atoms with E-state index in [1.54, 1.807) is 6.20 Å². The molecule has 0 aliphatic rings. The summed E-state index contributed by atoms with van der Waals surface area (Å²) in [6, 6.07) is 6.08. The molecule has 2 N–H and O–H groups in total. The van der Waals surface area contributed by atoms with E-state index in [0.29, 0.717) is 0 Å². The lowest BCUT2D eigenvalue weighted by atomic mass is 10.2. The van der Waals surface area contributed by atoms with Gasteiger partial charge in [0.25, 0.3) is 0 Å². The largest absolute Gasteiger partial charge is 0.369 e. The van der Waals surface area contributed by atoms with Crippen LogP contribution < -0.4 is 10.6 Å². The summed E-state index contributed by atoms with van der Waals surface area (Å²) in [5.74, 6) is 1.54. The Morgan fingerprint density at radius 3 is 3.00 bits per heavy atom. The van der Waals surface area contributed by atoms with Crippen LogP contribution in [0.25, 0.3) is 5.65 Å². The highest BCUT2D eigenvalue weighted by Crippen LogP contribution is 2.29. The smallest absolute Gasteiger partial charge is 0.180 e. The van der Waals surface area contributed by atoms with Crippen molar-refractivity contribution >= 4 is 38.9 Å². The Bertz CT molecular complexity index is 781. The summed E-state index contributed by atoms with van der Waals surface area (Å²) in [4.78, 5) is 8.97. The van der Waals surface area contributed by atoms with Crippen LogP contribution in [-0.4, -0.2) is 20.9 Å². The number of hydrogen-bond donors (Lipinski definition) is 2. The molecule has 2 heterocycles. The molecule has 0 unspecified atom stereocenters. The number of anilines is 3. The van der Waals surface area contributed by atoms with Crippen LogP contribution in [0.15, 0.2) is 41.3 Å². The van der Waals surface area contributed by atoms with Gasteiger partial charge in [-0.25, -0.2) is 9.97 Å². The molecule has 0 aliphatic heterocycles. The molecule has 0 bridgehead atoms. The third kappa shape index (κ3) is 2.71. The number of hydrogen-bond acceptors (Lipinski definition) is 4. The van der Waals surface area contributed by atoms with Crippen LogP contribution in [-0.2, 0) is 0 Å². The summed E-state index contributed by atoms with van der Waals surface area (Å²) in [7, 11) is 0. The molecule has 0 saturated carbocycles. The van der Waals surface area contributed by atoms with Crippen molar-refractivity contribution in [1.82, 2.24) is 14.4 Å². The molecule has 21 heavy (non-hydrogen) atoms. The second-order valence-corrected chi connectivity index (χ2v) is 5.52. The third-order valence-corrected chi connectivity index (χ3v) is 4.23. The summed E-state index contributed by atoms with van der Waals surface area (Å²) in [5, 5.41) is 6.59. The van der Waals surface area contributed by atoms with Crippen molar-refractivity contribution in [3.8, 4) is 0 Å². The van der Waals surface area contributed by atoms with Crippen molar-refractivity contribution < 1.29 is 0 Å². The van der Waals surface area contributed by atoms with Crippen molar-refractivity contribution in [3.05, 3.63) is 46.8 Å². The lowest BCUT2D eigenvalue weighted by Crippen LogP contribution is -2.05. The van der Waals surface area contributed by atoms with Gasteiger partial charge in [0, 0.05) is 23.4 Å². The molecular weight excluding hydrogens is 330 g/mol. The number of fused-ring (bicyclic) bond motifs is 1. The number of halogens is 1. The Labute approximate surface area is 131 Å². The number of benzene rings is 1. The van der Waals surface area contributed by atoms with Crippen LogP contribution in [0.2, 0.25) is 0 Å². The zero-order chi connectivity index (χ0) is 14.8. The van der Waals surface area contributed by atoms with Gasteiger partial charge < -0.3 is 15.0 Å². The number of aryl methyl sites for hydroxylation is 1. The predicted octanol–water partition coefficient (Wildman–Crippen LogP) is 3.98. The molecule has 1 aromatic carbocycles. The Hall–Kier alpha value is -2.08. The van der Waals surface area contributed by atoms with Gasteiger partial charge in [-0.05, 0) is 41.4 Å². The molecule has 3 rings (SSSR count). The van der Waals surface area contributed by atoms with E-state index in [1.165, 1.54) is 5.56 Å². The molecule has 0 aliphatic carbocycles. The third-order valence-electron chi connectivity index (χ3n) is 3.18. The van der Waals surface area contributed by atoms with Crippen molar-refractivity contribution in [2.24, 2.45) is 0 Å². The molecule has 0 atom stereocenters. The normalized spacial score (nSPS) is 10.8. The Balaban J connectivity index is 2.06. The highest BCUT2D eigenvalue weighted by Gasteiger charge is 2.10. The van der Waals surface area contributed by atoms with E-state index in [9.17, 15) is 0 Å². The molecule has 108 valence electrons. The summed E-state index contributed by atoms with van der Waals surface area (Å²) in [6.07, 6.45) is 5.61. The maximum atomic E-state index is 4.60. The second-order valence-electron chi connectivity index (χ2n) is 4.72. The van der Waals surface area contributed by atoms with Crippen LogP contribution in [0.3, 0.4) is 0 Å². The van der Waals surface area contributed by atoms with Gasteiger partial charge in [-0.3, -0.25) is 0 Å². The lowest BCUT2D eigenvalue weighted by molar-refractivity contribution is 1.09. The summed E-state index contributed by atoms with van der Waals surface area (Å²) >= 11 is 3.61. The summed E-state index contributed by atoms with van der Waals surface area (Å²) < 4.78 is 2.99. The van der Waals surface area contributed by atoms with Crippen LogP contribution >= 0.6 is 15.9 Å². The average Bonchev–Trinajstić information content (AvgIpc) is 2.93. The number of imidazole rings is 1. The summed E-state index contributed by atoms with van der Waals surface area (Å²) in [6.45, 7) is 4.92. The molecule has 0 fully saturated rings. The van der Waals surface area contributed by atoms with Gasteiger partial charge in [0.1, 0.15) is 5.82 Å². The lowest BCUT2D eigenvalue weighted by Gasteiger charge is -2.12. The fourth-order valence-electron chi connectivity index (χ4n) is 2.15. The molecule has 3 aromatic rings. The van der Waals surface area contributed by atoms with Gasteiger partial charge >= 0.3 is 0 Å². The highest BCUT2D eigenvalue weighted by molar-refractivity contribution is 9.10. The molecule has 0 radical (unpaired) electrons. The van der Waals surface area contributed by atoms with Crippen LogP contribution in [0.1, 0.15) is 12.5 Å². The molecule has 0 spiro atoms. The van der Waals surface area contributed by atoms with Gasteiger partial charge in [0.15, 0.2) is 11.5 Å². The molecular formula is C15H16BrN5. The Morgan fingerprint density at radius 2 is 2.19 bits per heavy atom. The first kappa shape index (κ1) is 13.9. The number of nitrogens with zero attached hydrogens (tertiary/aromatic N) is 3. The van der Waals surface area contributed by atoms with Crippen LogP contribution in [0.4, 0.5) is 17.3 Å². The van der Waals surface area contributed by atoms with Gasteiger partial charge in [-0.2, -0.15) is 0 Å². The fourth-order valence-corrected chi connectivity index (χ4v) is 2.52. The number of rotatable bonds is 4. The van der Waals surface area contributed by atoms with E-state index < -0.39 is 0 Å². The van der Waals surface area contributed by atoms with E-state index in [4.69, 9.17) is 0 Å². The van der Waals surface area contributed by atoms with Gasteiger partial charge in [0.2, 0.25) is 0 Å². The zero-order valence-corrected chi connectivity index (χ0v) is 13.5. The molecule has 6 heteroatoms. The van der Waals surface area contributed by atoms with Gasteiger partial charge in [-0.15, -0.1) is 0 Å². The molecule has 0 saturated heterocycles. The van der Waals surface area contributed by atoms with Gasteiger partial charge in [0.05, 0.1) is 11.9 Å². The second kappa shape index (κ2) is 5.73. The van der Waals surface area contributed by atoms with Crippen molar-refractivity contribution in [3.63, 3.8) is 0 Å². The maximum absolute atomic E-state index is 4.60. The predicted molar refractivity (Wildman–Crippen MR) is 89.3 cm³/mol. The minimum absolute atomic E-state index is 0.727. The van der Waals surface area contributed by atoms with E-state index in [2.05, 4.69) is 49.5 Å². The SMILES string of the molecule is CCNc1cn2ccnc2c(Nc2cccc(C)c2Br)n1. The quantitative estimate of drug-likeness (QED) is 0.750. The monoisotopic (exact) mass is 345 g/mol. The summed E-state index contributed by atoms with van der Waals surface area (Å²) in [5.41, 5.74) is 2.94. The Morgan fingerprint density at radius 1 is 1.33 bits per heavy atom. The zero-order valence-electron chi connectivity index (χ0n) is 11.9. The van der Waals surface area contributed by atoms with Crippen LogP contribution in [0.5, 0.6) is 0 Å². The highest BCUT2D eigenvalue weighted by atomic mass is 79.9. The maximum Gasteiger partial charge on any atom is 0.180 e. The van der Waals surface area contributed by atoms with E-state index in [1.807, 2.05) is 35.9 Å². The minimum atomic E-state index is 0.727. The minimum Gasteiger partial charge on any atom is -0.369 e.